The second kappa shape index (κ2) is 6.52. The van der Waals surface area contributed by atoms with Crippen LogP contribution in [0, 0.1) is 6.92 Å². The summed E-state index contributed by atoms with van der Waals surface area (Å²) in [7, 11) is 4.83. The SMILES string of the molecule is COc1cc(NCc2sccc2C)cc(OC)c1OC. The van der Waals surface area contributed by atoms with E-state index in [1.165, 1.54) is 10.4 Å². The minimum absolute atomic E-state index is 0.604. The molecular weight excluding hydrogens is 274 g/mol. The summed E-state index contributed by atoms with van der Waals surface area (Å²) in [6, 6.07) is 5.94. The van der Waals surface area contributed by atoms with Gasteiger partial charge in [0.05, 0.1) is 21.3 Å². The van der Waals surface area contributed by atoms with Crippen LogP contribution in [0.2, 0.25) is 0 Å². The fourth-order valence-corrected chi connectivity index (χ4v) is 2.80. The molecule has 108 valence electrons. The van der Waals surface area contributed by atoms with E-state index in [9.17, 15) is 0 Å². The van der Waals surface area contributed by atoms with Crippen molar-refractivity contribution in [2.45, 2.75) is 13.5 Å². The van der Waals surface area contributed by atoms with Crippen LogP contribution in [0.15, 0.2) is 23.6 Å². The van der Waals surface area contributed by atoms with E-state index in [2.05, 4.69) is 23.7 Å². The van der Waals surface area contributed by atoms with E-state index in [0.29, 0.717) is 17.2 Å². The Morgan fingerprint density at radius 3 is 2.15 bits per heavy atom. The lowest BCUT2D eigenvalue weighted by atomic mass is 10.2. The van der Waals surface area contributed by atoms with Gasteiger partial charge >= 0.3 is 0 Å². The summed E-state index contributed by atoms with van der Waals surface area (Å²) in [5, 5.41) is 5.48. The van der Waals surface area contributed by atoms with E-state index >= 15 is 0 Å². The minimum Gasteiger partial charge on any atom is -0.493 e. The Morgan fingerprint density at radius 2 is 1.70 bits per heavy atom. The summed E-state index contributed by atoms with van der Waals surface area (Å²) in [5.74, 6) is 1.90. The highest BCUT2D eigenvalue weighted by Crippen LogP contribution is 2.40. The monoisotopic (exact) mass is 293 g/mol. The lowest BCUT2D eigenvalue weighted by molar-refractivity contribution is 0.324. The fourth-order valence-electron chi connectivity index (χ4n) is 1.95. The van der Waals surface area contributed by atoms with Crippen LogP contribution >= 0.6 is 11.3 Å². The average Bonchev–Trinajstić information content (AvgIpc) is 2.89. The molecule has 0 atom stereocenters. The molecule has 4 nitrogen and oxygen atoms in total. The number of hydrogen-bond acceptors (Lipinski definition) is 5. The van der Waals surface area contributed by atoms with Crippen LogP contribution in [0.3, 0.4) is 0 Å². The van der Waals surface area contributed by atoms with E-state index in [4.69, 9.17) is 14.2 Å². The lowest BCUT2D eigenvalue weighted by Crippen LogP contribution is -2.01. The Bertz CT molecular complexity index is 555. The second-order valence-electron chi connectivity index (χ2n) is 4.29. The van der Waals surface area contributed by atoms with Crippen LogP contribution in [-0.4, -0.2) is 21.3 Å². The first-order chi connectivity index (χ1) is 9.69. The summed E-state index contributed by atoms with van der Waals surface area (Å²) >= 11 is 1.75. The van der Waals surface area contributed by atoms with E-state index in [1.807, 2.05) is 12.1 Å². The number of nitrogens with one attached hydrogen (secondary N) is 1. The minimum atomic E-state index is 0.604. The van der Waals surface area contributed by atoms with Gasteiger partial charge in [0.15, 0.2) is 11.5 Å². The first kappa shape index (κ1) is 14.5. The highest BCUT2D eigenvalue weighted by molar-refractivity contribution is 7.10. The largest absolute Gasteiger partial charge is 0.493 e. The molecule has 1 heterocycles. The third-order valence-electron chi connectivity index (χ3n) is 3.09. The highest BCUT2D eigenvalue weighted by atomic mass is 32.1. The number of ether oxygens (including phenoxy) is 3. The summed E-state index contributed by atoms with van der Waals surface area (Å²) < 4.78 is 16.0. The van der Waals surface area contributed by atoms with E-state index in [0.717, 1.165) is 12.2 Å². The molecule has 0 spiro atoms. The fraction of sp³-hybridized carbons (Fsp3) is 0.333. The first-order valence-corrected chi connectivity index (χ1v) is 7.14. The number of rotatable bonds is 6. The number of aryl methyl sites for hydroxylation is 1. The molecule has 0 aliphatic heterocycles. The molecule has 0 bridgehead atoms. The van der Waals surface area contributed by atoms with Crippen LogP contribution < -0.4 is 19.5 Å². The molecule has 0 fully saturated rings. The van der Waals surface area contributed by atoms with Gasteiger partial charge in [0.2, 0.25) is 5.75 Å². The van der Waals surface area contributed by atoms with E-state index in [-0.39, 0.29) is 0 Å². The van der Waals surface area contributed by atoms with Gasteiger partial charge in [-0.1, -0.05) is 0 Å². The standard InChI is InChI=1S/C15H19NO3S/c1-10-5-6-20-14(10)9-16-11-7-12(17-2)15(19-4)13(8-11)18-3/h5-8,16H,9H2,1-4H3. The zero-order valence-electron chi connectivity index (χ0n) is 12.1. The first-order valence-electron chi connectivity index (χ1n) is 6.26. The molecule has 1 aromatic carbocycles. The topological polar surface area (TPSA) is 39.7 Å². The van der Waals surface area contributed by atoms with Gasteiger partial charge in [-0.3, -0.25) is 0 Å². The Balaban J connectivity index is 2.21. The maximum atomic E-state index is 5.34. The number of methoxy groups -OCH3 is 3. The third-order valence-corrected chi connectivity index (χ3v) is 4.11. The smallest absolute Gasteiger partial charge is 0.203 e. The van der Waals surface area contributed by atoms with Crippen molar-refractivity contribution in [3.05, 3.63) is 34.0 Å². The normalized spacial score (nSPS) is 10.2. The van der Waals surface area contributed by atoms with Crippen LogP contribution in [0.1, 0.15) is 10.4 Å². The van der Waals surface area contributed by atoms with Gasteiger partial charge in [0.25, 0.3) is 0 Å². The van der Waals surface area contributed by atoms with Gasteiger partial charge in [-0.25, -0.2) is 0 Å². The molecule has 0 unspecified atom stereocenters. The van der Waals surface area contributed by atoms with Crippen molar-refractivity contribution in [2.75, 3.05) is 26.6 Å². The lowest BCUT2D eigenvalue weighted by Gasteiger charge is -2.15. The van der Waals surface area contributed by atoms with Gasteiger partial charge < -0.3 is 19.5 Å². The van der Waals surface area contributed by atoms with Gasteiger partial charge in [-0.15, -0.1) is 11.3 Å². The Kier molecular flexibility index (Phi) is 4.74. The zero-order chi connectivity index (χ0) is 14.5. The molecule has 0 aliphatic carbocycles. The van der Waals surface area contributed by atoms with Crippen LogP contribution in [-0.2, 0) is 6.54 Å². The average molecular weight is 293 g/mol. The van der Waals surface area contributed by atoms with Crippen molar-refractivity contribution in [1.29, 1.82) is 0 Å². The van der Waals surface area contributed by atoms with Gasteiger partial charge in [-0.2, -0.15) is 0 Å². The second-order valence-corrected chi connectivity index (χ2v) is 5.30. The number of thiophene rings is 1. The van der Waals surface area contributed by atoms with E-state index in [1.54, 1.807) is 32.7 Å². The van der Waals surface area contributed by atoms with Crippen molar-refractivity contribution in [3.8, 4) is 17.2 Å². The molecule has 0 saturated carbocycles. The van der Waals surface area contributed by atoms with Crippen LogP contribution in [0.4, 0.5) is 5.69 Å². The van der Waals surface area contributed by atoms with Crippen molar-refractivity contribution in [2.24, 2.45) is 0 Å². The van der Waals surface area contributed by atoms with Crippen molar-refractivity contribution >= 4 is 17.0 Å². The molecular formula is C15H19NO3S. The summed E-state index contributed by atoms with van der Waals surface area (Å²) in [6.45, 7) is 2.89. The third kappa shape index (κ3) is 2.99. The maximum Gasteiger partial charge on any atom is 0.203 e. The molecule has 0 amide bonds. The summed E-state index contributed by atoms with van der Waals surface area (Å²) in [4.78, 5) is 1.32. The summed E-state index contributed by atoms with van der Waals surface area (Å²) in [6.07, 6.45) is 0. The van der Waals surface area contributed by atoms with Crippen molar-refractivity contribution in [1.82, 2.24) is 0 Å². The molecule has 2 rings (SSSR count). The Hall–Kier alpha value is -1.88. The van der Waals surface area contributed by atoms with Crippen molar-refractivity contribution < 1.29 is 14.2 Å². The molecule has 5 heteroatoms. The molecule has 0 aliphatic rings. The molecule has 0 saturated heterocycles. The zero-order valence-corrected chi connectivity index (χ0v) is 13.0. The van der Waals surface area contributed by atoms with E-state index < -0.39 is 0 Å². The van der Waals surface area contributed by atoms with Gasteiger partial charge in [0, 0.05) is 29.2 Å². The highest BCUT2D eigenvalue weighted by Gasteiger charge is 2.13. The molecule has 1 N–H and O–H groups in total. The van der Waals surface area contributed by atoms with Crippen molar-refractivity contribution in [3.63, 3.8) is 0 Å². The molecule has 1 aromatic heterocycles. The van der Waals surface area contributed by atoms with Gasteiger partial charge in [-0.05, 0) is 23.9 Å². The van der Waals surface area contributed by atoms with Crippen LogP contribution in [0.25, 0.3) is 0 Å². The predicted octanol–water partition coefficient (Wildman–Crippen LogP) is 3.69. The van der Waals surface area contributed by atoms with Gasteiger partial charge in [0.1, 0.15) is 0 Å². The number of anilines is 1. The molecule has 0 radical (unpaired) electrons. The Labute approximate surface area is 123 Å². The number of benzene rings is 1. The quantitative estimate of drug-likeness (QED) is 0.881. The maximum absolute atomic E-state index is 5.34. The predicted molar refractivity (Wildman–Crippen MR) is 82.5 cm³/mol. The summed E-state index contributed by atoms with van der Waals surface area (Å²) in [5.41, 5.74) is 2.24. The Morgan fingerprint density at radius 1 is 1.05 bits per heavy atom. The molecule has 20 heavy (non-hydrogen) atoms. The van der Waals surface area contributed by atoms with Crippen LogP contribution in [0.5, 0.6) is 17.2 Å². The number of hydrogen-bond donors (Lipinski definition) is 1. The molecule has 2 aromatic rings.